The number of anilines is 1. The van der Waals surface area contributed by atoms with E-state index in [-0.39, 0.29) is 17.7 Å². The molecule has 1 aromatic heterocycles. The molecule has 20 heavy (non-hydrogen) atoms. The third-order valence-corrected chi connectivity index (χ3v) is 2.83. The molecule has 0 fully saturated rings. The van der Waals surface area contributed by atoms with Crippen molar-refractivity contribution in [1.29, 1.82) is 0 Å². The van der Waals surface area contributed by atoms with Crippen molar-refractivity contribution in [3.8, 4) is 0 Å². The summed E-state index contributed by atoms with van der Waals surface area (Å²) in [5.74, 6) is 0. The van der Waals surface area contributed by atoms with Crippen LogP contribution in [-0.4, -0.2) is 20.1 Å². The van der Waals surface area contributed by atoms with Crippen molar-refractivity contribution in [2.75, 3.05) is 5.73 Å². The lowest BCUT2D eigenvalue weighted by Crippen LogP contribution is -2.10. The number of halogens is 3. The number of nitrogen functional groups attached to an aromatic ring is 1. The van der Waals surface area contributed by atoms with E-state index >= 15 is 0 Å². The molecule has 0 radical (unpaired) electrons. The number of aliphatic hydroxyl groups is 1. The third kappa shape index (κ3) is 3.08. The Bertz CT molecular complexity index is 609. The molecule has 0 aliphatic carbocycles. The molecule has 0 spiro atoms. The van der Waals surface area contributed by atoms with Gasteiger partial charge >= 0.3 is 6.18 Å². The minimum absolute atomic E-state index is 0.0329. The second kappa shape index (κ2) is 5.12. The molecule has 1 heterocycles. The van der Waals surface area contributed by atoms with E-state index in [9.17, 15) is 18.3 Å². The lowest BCUT2D eigenvalue weighted by Gasteiger charge is -2.15. The van der Waals surface area contributed by atoms with E-state index in [4.69, 9.17) is 5.73 Å². The molecular formula is C12H13F3N4O. The number of alkyl halides is 3. The fourth-order valence-electron chi connectivity index (χ4n) is 1.84. The Balaban J connectivity index is 2.27. The van der Waals surface area contributed by atoms with Gasteiger partial charge in [-0.05, 0) is 18.2 Å². The molecule has 5 nitrogen and oxygen atoms in total. The molecule has 0 aliphatic heterocycles. The maximum atomic E-state index is 12.6. The lowest BCUT2D eigenvalue weighted by atomic mass is 10.0. The third-order valence-electron chi connectivity index (χ3n) is 2.83. The van der Waals surface area contributed by atoms with Gasteiger partial charge in [0, 0.05) is 30.9 Å². The van der Waals surface area contributed by atoms with E-state index in [1.54, 1.807) is 13.2 Å². The van der Waals surface area contributed by atoms with Crippen molar-refractivity contribution < 1.29 is 18.3 Å². The first-order valence-corrected chi connectivity index (χ1v) is 5.77. The fraction of sp³-hybridized carbons (Fsp3) is 0.333. The van der Waals surface area contributed by atoms with E-state index in [0.29, 0.717) is 5.69 Å². The minimum atomic E-state index is -4.48. The second-order valence-electron chi connectivity index (χ2n) is 4.44. The smallest absolute Gasteiger partial charge is 0.398 e. The topological polar surface area (TPSA) is 77.0 Å². The summed E-state index contributed by atoms with van der Waals surface area (Å²) in [7, 11) is 1.65. The Morgan fingerprint density at radius 3 is 2.65 bits per heavy atom. The standard InChI is InChI=1S/C12H13F3N4O/c1-19-6-8(17-18-19)5-11(20)9-4-7(12(13,14)15)2-3-10(9)16/h2-4,6,11,20H,5,16H2,1H3. The van der Waals surface area contributed by atoms with Crippen LogP contribution in [0.5, 0.6) is 0 Å². The van der Waals surface area contributed by atoms with Crippen molar-refractivity contribution in [1.82, 2.24) is 15.0 Å². The monoisotopic (exact) mass is 286 g/mol. The van der Waals surface area contributed by atoms with Gasteiger partial charge in [0.05, 0.1) is 17.4 Å². The zero-order chi connectivity index (χ0) is 14.9. The Labute approximate surface area is 112 Å². The highest BCUT2D eigenvalue weighted by atomic mass is 19.4. The average molecular weight is 286 g/mol. The number of hydrogen-bond donors (Lipinski definition) is 2. The van der Waals surface area contributed by atoms with Gasteiger partial charge in [-0.1, -0.05) is 5.21 Å². The van der Waals surface area contributed by atoms with Crippen LogP contribution in [0.15, 0.2) is 24.4 Å². The maximum Gasteiger partial charge on any atom is 0.416 e. The van der Waals surface area contributed by atoms with Gasteiger partial charge in [-0.2, -0.15) is 13.2 Å². The summed E-state index contributed by atoms with van der Waals surface area (Å²) in [6.07, 6.45) is -4.03. The number of aliphatic hydroxyl groups excluding tert-OH is 1. The van der Waals surface area contributed by atoms with Crippen molar-refractivity contribution >= 4 is 5.69 Å². The van der Waals surface area contributed by atoms with Gasteiger partial charge in [0.25, 0.3) is 0 Å². The largest absolute Gasteiger partial charge is 0.416 e. The highest BCUT2D eigenvalue weighted by Crippen LogP contribution is 2.33. The molecule has 3 N–H and O–H groups in total. The van der Waals surface area contributed by atoms with Crippen molar-refractivity contribution in [2.45, 2.75) is 18.7 Å². The lowest BCUT2D eigenvalue weighted by molar-refractivity contribution is -0.137. The summed E-state index contributed by atoms with van der Waals surface area (Å²) >= 11 is 0. The number of nitrogens with zero attached hydrogens (tertiary/aromatic N) is 3. The molecule has 0 saturated carbocycles. The molecule has 0 amide bonds. The van der Waals surface area contributed by atoms with Crippen molar-refractivity contribution in [3.63, 3.8) is 0 Å². The molecule has 1 unspecified atom stereocenters. The normalized spacial score (nSPS) is 13.4. The Kier molecular flexibility index (Phi) is 3.67. The van der Waals surface area contributed by atoms with Crippen LogP contribution in [0.3, 0.4) is 0 Å². The highest BCUT2D eigenvalue weighted by Gasteiger charge is 2.31. The maximum absolute atomic E-state index is 12.6. The van der Waals surface area contributed by atoms with Crippen LogP contribution in [-0.2, 0) is 19.6 Å². The van der Waals surface area contributed by atoms with Crippen LogP contribution in [0.25, 0.3) is 0 Å². The molecule has 108 valence electrons. The molecular weight excluding hydrogens is 273 g/mol. The summed E-state index contributed by atoms with van der Waals surface area (Å²) in [6.45, 7) is 0. The van der Waals surface area contributed by atoms with E-state index in [1.165, 1.54) is 4.68 Å². The van der Waals surface area contributed by atoms with Crippen LogP contribution in [0, 0.1) is 0 Å². The molecule has 1 aromatic carbocycles. The molecule has 0 aliphatic rings. The predicted molar refractivity (Wildman–Crippen MR) is 65.5 cm³/mol. The number of rotatable bonds is 3. The summed E-state index contributed by atoms with van der Waals surface area (Å²) in [5, 5.41) is 17.5. The van der Waals surface area contributed by atoms with E-state index < -0.39 is 17.8 Å². The van der Waals surface area contributed by atoms with Gasteiger partial charge in [-0.15, -0.1) is 5.10 Å². The number of aryl methyl sites for hydroxylation is 1. The van der Waals surface area contributed by atoms with E-state index in [1.807, 2.05) is 0 Å². The summed E-state index contributed by atoms with van der Waals surface area (Å²) in [5.41, 5.74) is 5.38. The van der Waals surface area contributed by atoms with Gasteiger partial charge in [0.1, 0.15) is 0 Å². The zero-order valence-electron chi connectivity index (χ0n) is 10.6. The fourth-order valence-corrected chi connectivity index (χ4v) is 1.84. The number of nitrogens with two attached hydrogens (primary N) is 1. The first-order chi connectivity index (χ1) is 9.27. The van der Waals surface area contributed by atoms with E-state index in [2.05, 4.69) is 10.3 Å². The first kappa shape index (κ1) is 14.3. The molecule has 0 bridgehead atoms. The van der Waals surface area contributed by atoms with Crippen LogP contribution in [0.2, 0.25) is 0 Å². The van der Waals surface area contributed by atoms with Gasteiger partial charge in [-0.3, -0.25) is 4.68 Å². The molecule has 2 aromatic rings. The van der Waals surface area contributed by atoms with Crippen LogP contribution in [0.4, 0.5) is 18.9 Å². The number of aromatic nitrogens is 3. The molecule has 0 saturated heterocycles. The average Bonchev–Trinajstić information content (AvgIpc) is 2.73. The number of hydrogen-bond acceptors (Lipinski definition) is 4. The molecule has 8 heteroatoms. The quantitative estimate of drug-likeness (QED) is 0.842. The Hall–Kier alpha value is -2.09. The van der Waals surface area contributed by atoms with Gasteiger partial charge in [-0.25, -0.2) is 0 Å². The second-order valence-corrected chi connectivity index (χ2v) is 4.44. The summed E-state index contributed by atoms with van der Waals surface area (Å²) in [6, 6.07) is 2.88. The Morgan fingerprint density at radius 1 is 1.40 bits per heavy atom. The highest BCUT2D eigenvalue weighted by molar-refractivity contribution is 5.50. The SMILES string of the molecule is Cn1cc(CC(O)c2cc(C(F)(F)F)ccc2N)nn1. The van der Waals surface area contributed by atoms with E-state index in [0.717, 1.165) is 18.2 Å². The number of benzene rings is 1. The zero-order valence-corrected chi connectivity index (χ0v) is 10.6. The van der Waals surface area contributed by atoms with Gasteiger partial charge < -0.3 is 10.8 Å². The van der Waals surface area contributed by atoms with Crippen LogP contribution < -0.4 is 5.73 Å². The summed E-state index contributed by atoms with van der Waals surface area (Å²) < 4.78 is 39.4. The Morgan fingerprint density at radius 2 is 2.10 bits per heavy atom. The van der Waals surface area contributed by atoms with Gasteiger partial charge in [0.15, 0.2) is 0 Å². The van der Waals surface area contributed by atoms with Crippen molar-refractivity contribution in [2.24, 2.45) is 7.05 Å². The van der Waals surface area contributed by atoms with Crippen LogP contribution in [0.1, 0.15) is 22.9 Å². The van der Waals surface area contributed by atoms with Gasteiger partial charge in [0.2, 0.25) is 0 Å². The summed E-state index contributed by atoms with van der Waals surface area (Å²) in [4.78, 5) is 0. The molecule has 2 rings (SSSR count). The minimum Gasteiger partial charge on any atom is -0.398 e. The predicted octanol–water partition coefficient (Wildman–Crippen LogP) is 1.69. The van der Waals surface area contributed by atoms with Crippen LogP contribution >= 0.6 is 0 Å². The molecule has 1 atom stereocenters. The van der Waals surface area contributed by atoms with Crippen molar-refractivity contribution in [3.05, 3.63) is 41.2 Å². The first-order valence-electron chi connectivity index (χ1n) is 5.77.